The molecule has 0 saturated carbocycles. The molecule has 0 aliphatic heterocycles. The van der Waals surface area contributed by atoms with Crippen LogP contribution in [0.2, 0.25) is 0 Å². The first-order valence-corrected chi connectivity index (χ1v) is 5.19. The van der Waals surface area contributed by atoms with Gasteiger partial charge >= 0.3 is 0 Å². The summed E-state index contributed by atoms with van der Waals surface area (Å²) in [5, 5.41) is 0. The predicted octanol–water partition coefficient (Wildman–Crippen LogP) is 0.167. The van der Waals surface area contributed by atoms with Crippen LogP contribution in [-0.4, -0.2) is 37.0 Å². The maximum absolute atomic E-state index is 10.8. The zero-order valence-corrected chi connectivity index (χ0v) is 9.49. The molecule has 0 aromatic carbocycles. The zero-order chi connectivity index (χ0) is 11.1. The van der Waals surface area contributed by atoms with Gasteiger partial charge in [0, 0.05) is 25.6 Å². The van der Waals surface area contributed by atoms with E-state index in [0.29, 0.717) is 18.9 Å². The van der Waals surface area contributed by atoms with E-state index in [1.807, 2.05) is 7.05 Å². The van der Waals surface area contributed by atoms with Gasteiger partial charge in [-0.3, -0.25) is 4.79 Å². The highest BCUT2D eigenvalue weighted by Gasteiger charge is 2.16. The van der Waals surface area contributed by atoms with Crippen LogP contribution in [0.25, 0.3) is 0 Å². The quantitative estimate of drug-likeness (QED) is 0.616. The van der Waals surface area contributed by atoms with E-state index in [9.17, 15) is 4.79 Å². The Labute approximate surface area is 86.6 Å². The Hall–Kier alpha value is -0.610. The normalized spacial score (nSPS) is 15.5. The SMILES string of the molecule is CCC(C)CN(C)C(CN)CC(N)=O. The van der Waals surface area contributed by atoms with Crippen molar-refractivity contribution in [1.29, 1.82) is 0 Å². The molecule has 84 valence electrons. The second-order valence-electron chi connectivity index (χ2n) is 4.01. The highest BCUT2D eigenvalue weighted by molar-refractivity contribution is 5.74. The van der Waals surface area contributed by atoms with Crippen molar-refractivity contribution in [2.24, 2.45) is 17.4 Å². The Morgan fingerprint density at radius 2 is 2.07 bits per heavy atom. The molecule has 0 spiro atoms. The topological polar surface area (TPSA) is 72.3 Å². The van der Waals surface area contributed by atoms with Crippen molar-refractivity contribution < 1.29 is 4.79 Å². The number of amides is 1. The van der Waals surface area contributed by atoms with Gasteiger partial charge in [-0.2, -0.15) is 0 Å². The predicted molar refractivity (Wildman–Crippen MR) is 58.7 cm³/mol. The first kappa shape index (κ1) is 13.4. The molecule has 0 saturated heterocycles. The van der Waals surface area contributed by atoms with E-state index >= 15 is 0 Å². The fraction of sp³-hybridized carbons (Fsp3) is 0.900. The van der Waals surface area contributed by atoms with Crippen LogP contribution in [-0.2, 0) is 4.79 Å². The lowest BCUT2D eigenvalue weighted by Gasteiger charge is -2.28. The van der Waals surface area contributed by atoms with Gasteiger partial charge in [0.25, 0.3) is 0 Å². The van der Waals surface area contributed by atoms with Crippen LogP contribution in [0.5, 0.6) is 0 Å². The van der Waals surface area contributed by atoms with Crippen LogP contribution in [0.4, 0.5) is 0 Å². The van der Waals surface area contributed by atoms with Crippen molar-refractivity contribution in [3.8, 4) is 0 Å². The van der Waals surface area contributed by atoms with Gasteiger partial charge in [0.1, 0.15) is 0 Å². The van der Waals surface area contributed by atoms with Crippen LogP contribution in [0.3, 0.4) is 0 Å². The van der Waals surface area contributed by atoms with Crippen LogP contribution in [0, 0.1) is 5.92 Å². The molecule has 2 unspecified atom stereocenters. The fourth-order valence-corrected chi connectivity index (χ4v) is 1.42. The van der Waals surface area contributed by atoms with Gasteiger partial charge in [-0.1, -0.05) is 20.3 Å². The number of carbonyl (C=O) groups is 1. The molecule has 0 bridgehead atoms. The summed E-state index contributed by atoms with van der Waals surface area (Å²) in [5.41, 5.74) is 10.7. The average Bonchev–Trinajstić information content (AvgIpc) is 2.13. The van der Waals surface area contributed by atoms with Crippen molar-refractivity contribution in [3.63, 3.8) is 0 Å². The smallest absolute Gasteiger partial charge is 0.219 e. The molecule has 0 heterocycles. The third kappa shape index (κ3) is 5.19. The maximum Gasteiger partial charge on any atom is 0.219 e. The standard InChI is InChI=1S/C10H23N3O/c1-4-8(2)7-13(3)9(6-11)5-10(12)14/h8-9H,4-7,11H2,1-3H3,(H2,12,14). The molecule has 1 amide bonds. The van der Waals surface area contributed by atoms with Crippen molar-refractivity contribution in [2.45, 2.75) is 32.7 Å². The van der Waals surface area contributed by atoms with Gasteiger partial charge in [0.2, 0.25) is 5.91 Å². The number of hydrogen-bond donors (Lipinski definition) is 2. The molecule has 0 fully saturated rings. The lowest BCUT2D eigenvalue weighted by molar-refractivity contribution is -0.119. The lowest BCUT2D eigenvalue weighted by atomic mass is 10.1. The number of hydrogen-bond acceptors (Lipinski definition) is 3. The molecular weight excluding hydrogens is 178 g/mol. The monoisotopic (exact) mass is 201 g/mol. The second kappa shape index (κ2) is 6.79. The molecule has 0 aromatic heterocycles. The second-order valence-corrected chi connectivity index (χ2v) is 4.01. The third-order valence-electron chi connectivity index (χ3n) is 2.63. The summed E-state index contributed by atoms with van der Waals surface area (Å²) < 4.78 is 0. The van der Waals surface area contributed by atoms with Crippen molar-refractivity contribution in [1.82, 2.24) is 4.90 Å². The Bertz CT molecular complexity index is 173. The maximum atomic E-state index is 10.8. The first-order chi connectivity index (χ1) is 6.51. The van der Waals surface area contributed by atoms with E-state index in [2.05, 4.69) is 18.7 Å². The summed E-state index contributed by atoms with van der Waals surface area (Å²) in [6.45, 7) is 5.79. The van der Waals surface area contributed by atoms with Crippen LogP contribution >= 0.6 is 0 Å². The Morgan fingerprint density at radius 3 is 2.43 bits per heavy atom. The van der Waals surface area contributed by atoms with Crippen molar-refractivity contribution >= 4 is 5.91 Å². The van der Waals surface area contributed by atoms with Gasteiger partial charge in [0.05, 0.1) is 0 Å². The largest absolute Gasteiger partial charge is 0.370 e. The lowest BCUT2D eigenvalue weighted by Crippen LogP contribution is -2.42. The number of nitrogens with zero attached hydrogens (tertiary/aromatic N) is 1. The van der Waals surface area contributed by atoms with E-state index in [0.717, 1.165) is 13.0 Å². The molecule has 0 aromatic rings. The number of carbonyl (C=O) groups excluding carboxylic acids is 1. The summed E-state index contributed by atoms with van der Waals surface area (Å²) in [7, 11) is 1.99. The van der Waals surface area contributed by atoms with E-state index < -0.39 is 0 Å². The van der Waals surface area contributed by atoms with E-state index in [-0.39, 0.29) is 11.9 Å². The molecule has 0 aliphatic rings. The highest BCUT2D eigenvalue weighted by Crippen LogP contribution is 2.07. The van der Waals surface area contributed by atoms with E-state index in [1.54, 1.807) is 0 Å². The summed E-state index contributed by atoms with van der Waals surface area (Å²) in [6.07, 6.45) is 1.49. The van der Waals surface area contributed by atoms with Gasteiger partial charge in [-0.15, -0.1) is 0 Å². The van der Waals surface area contributed by atoms with Gasteiger partial charge in [-0.05, 0) is 13.0 Å². The molecule has 0 aliphatic carbocycles. The highest BCUT2D eigenvalue weighted by atomic mass is 16.1. The van der Waals surface area contributed by atoms with E-state index in [1.165, 1.54) is 0 Å². The molecular formula is C10H23N3O. The minimum Gasteiger partial charge on any atom is -0.370 e. The van der Waals surface area contributed by atoms with Crippen LogP contribution < -0.4 is 11.5 Å². The van der Waals surface area contributed by atoms with Crippen LogP contribution in [0.15, 0.2) is 0 Å². The van der Waals surface area contributed by atoms with Crippen LogP contribution in [0.1, 0.15) is 26.7 Å². The van der Waals surface area contributed by atoms with Crippen molar-refractivity contribution in [2.75, 3.05) is 20.1 Å². The number of nitrogens with two attached hydrogens (primary N) is 2. The Morgan fingerprint density at radius 1 is 1.50 bits per heavy atom. The third-order valence-corrected chi connectivity index (χ3v) is 2.63. The minimum absolute atomic E-state index is 0.0847. The minimum atomic E-state index is -0.281. The average molecular weight is 201 g/mol. The number of likely N-dealkylation sites (N-methyl/N-ethyl adjacent to an activating group) is 1. The molecule has 2 atom stereocenters. The number of rotatable bonds is 7. The first-order valence-electron chi connectivity index (χ1n) is 5.19. The summed E-state index contributed by atoms with van der Waals surface area (Å²) in [5.74, 6) is 0.346. The van der Waals surface area contributed by atoms with Gasteiger partial charge < -0.3 is 16.4 Å². The molecule has 14 heavy (non-hydrogen) atoms. The summed E-state index contributed by atoms with van der Waals surface area (Å²) >= 11 is 0. The molecule has 4 heteroatoms. The van der Waals surface area contributed by atoms with Gasteiger partial charge in [-0.25, -0.2) is 0 Å². The number of primary amides is 1. The molecule has 4 N–H and O–H groups in total. The van der Waals surface area contributed by atoms with Crippen molar-refractivity contribution in [3.05, 3.63) is 0 Å². The zero-order valence-electron chi connectivity index (χ0n) is 9.49. The molecule has 0 radical (unpaired) electrons. The van der Waals surface area contributed by atoms with E-state index in [4.69, 9.17) is 11.5 Å². The molecule has 4 nitrogen and oxygen atoms in total. The molecule has 0 rings (SSSR count). The summed E-state index contributed by atoms with van der Waals surface area (Å²) in [6, 6.07) is 0.0847. The van der Waals surface area contributed by atoms with Gasteiger partial charge in [0.15, 0.2) is 0 Å². The fourth-order valence-electron chi connectivity index (χ4n) is 1.42. The Kier molecular flexibility index (Phi) is 6.49. The summed E-state index contributed by atoms with van der Waals surface area (Å²) in [4.78, 5) is 12.9. The Balaban J connectivity index is 4.03.